The van der Waals surface area contributed by atoms with Gasteiger partial charge in [0, 0.05) is 0 Å². The Labute approximate surface area is 69.2 Å². The molecule has 1 heterocycles. The zero-order chi connectivity index (χ0) is 9.30. The highest BCUT2D eigenvalue weighted by Crippen LogP contribution is 2.18. The van der Waals surface area contributed by atoms with Crippen molar-refractivity contribution in [3.8, 4) is 12.3 Å². The van der Waals surface area contributed by atoms with Gasteiger partial charge in [0.15, 0.2) is 6.29 Å². The van der Waals surface area contributed by atoms with Gasteiger partial charge in [0.1, 0.15) is 24.4 Å². The maximum atomic E-state index is 9.14. The lowest BCUT2D eigenvalue weighted by Gasteiger charge is -2.35. The molecule has 1 rings (SSSR count). The van der Waals surface area contributed by atoms with E-state index in [-0.39, 0.29) is 0 Å². The summed E-state index contributed by atoms with van der Waals surface area (Å²) in [5.41, 5.74) is 0. The smallest absolute Gasteiger partial charge is 0.185 e. The third-order valence-electron chi connectivity index (χ3n) is 1.75. The van der Waals surface area contributed by atoms with E-state index in [0.717, 1.165) is 0 Å². The van der Waals surface area contributed by atoms with Crippen molar-refractivity contribution in [2.45, 2.75) is 30.7 Å². The first-order chi connectivity index (χ1) is 5.57. The highest BCUT2D eigenvalue weighted by Gasteiger charge is 2.42. The Morgan fingerprint density at radius 3 is 2.08 bits per heavy atom. The number of ether oxygens (including phenoxy) is 1. The Bertz CT molecular complexity index is 198. The summed E-state index contributed by atoms with van der Waals surface area (Å²) < 4.78 is 4.59. The van der Waals surface area contributed by atoms with E-state index in [2.05, 4.69) is 4.74 Å². The Morgan fingerprint density at radius 1 is 1.00 bits per heavy atom. The van der Waals surface area contributed by atoms with Gasteiger partial charge in [0.25, 0.3) is 0 Å². The van der Waals surface area contributed by atoms with Gasteiger partial charge in [-0.2, -0.15) is 0 Å². The maximum absolute atomic E-state index is 9.14. The van der Waals surface area contributed by atoms with Crippen LogP contribution in [0.2, 0.25) is 0 Å². The summed E-state index contributed by atoms with van der Waals surface area (Å²) in [4.78, 5) is 0. The summed E-state index contributed by atoms with van der Waals surface area (Å²) in [6.07, 6.45) is -2.08. The van der Waals surface area contributed by atoms with Crippen LogP contribution < -0.4 is 0 Å². The minimum absolute atomic E-state index is 1.08. The molecule has 68 valence electrons. The van der Waals surface area contributed by atoms with Gasteiger partial charge in [-0.15, -0.1) is 6.42 Å². The Balaban J connectivity index is 2.72. The normalized spacial score (nSPS) is 48.4. The van der Waals surface area contributed by atoms with E-state index in [0.29, 0.717) is 0 Å². The van der Waals surface area contributed by atoms with Gasteiger partial charge in [-0.05, 0) is 0 Å². The Hall–Kier alpha value is -0.640. The molecule has 1 aliphatic rings. The van der Waals surface area contributed by atoms with E-state index >= 15 is 0 Å². The van der Waals surface area contributed by atoms with E-state index in [4.69, 9.17) is 26.8 Å². The molecule has 5 atom stereocenters. The van der Waals surface area contributed by atoms with Crippen molar-refractivity contribution in [2.24, 2.45) is 0 Å². The molecule has 0 radical (unpaired) electrons. The summed E-state index contributed by atoms with van der Waals surface area (Å²) in [6, 6.07) is 0. The second-order valence-corrected chi connectivity index (χ2v) is 2.59. The molecule has 0 amide bonds. The molecule has 1 saturated heterocycles. The molecule has 0 aromatic heterocycles. The average Bonchev–Trinajstić information content (AvgIpc) is 2.08. The highest BCUT2D eigenvalue weighted by atomic mass is 16.6. The van der Waals surface area contributed by atoms with Gasteiger partial charge in [-0.3, -0.25) is 0 Å². The van der Waals surface area contributed by atoms with Crippen molar-refractivity contribution in [1.29, 1.82) is 0 Å². The summed E-state index contributed by atoms with van der Waals surface area (Å²) in [5.74, 6) is 2.03. The lowest BCUT2D eigenvalue weighted by Crippen LogP contribution is -2.56. The van der Waals surface area contributed by atoms with Crippen LogP contribution in [0.25, 0.3) is 0 Å². The summed E-state index contributed by atoms with van der Waals surface area (Å²) in [5, 5.41) is 36.1. The summed E-state index contributed by atoms with van der Waals surface area (Å²) in [6.45, 7) is 0. The molecule has 0 spiro atoms. The van der Waals surface area contributed by atoms with Crippen molar-refractivity contribution >= 4 is 0 Å². The maximum Gasteiger partial charge on any atom is 0.185 e. The standard InChI is InChI=1S/C7H10O5/c1-2-3-4(8)5(9)6(10)7(11)12-3/h1,3-11H/t3-,4+,5+,6-,7+/m0/s1. The number of hydrogen-bond acceptors (Lipinski definition) is 5. The van der Waals surface area contributed by atoms with Crippen molar-refractivity contribution < 1.29 is 25.2 Å². The minimum Gasteiger partial charge on any atom is -0.387 e. The number of rotatable bonds is 0. The van der Waals surface area contributed by atoms with Gasteiger partial charge >= 0.3 is 0 Å². The van der Waals surface area contributed by atoms with Crippen LogP contribution in [0, 0.1) is 12.3 Å². The third-order valence-corrected chi connectivity index (χ3v) is 1.75. The SMILES string of the molecule is C#C[C@@H]1O[C@@H](O)[C@@H](O)[C@H](O)[C@@H]1O. The molecule has 4 N–H and O–H groups in total. The fourth-order valence-electron chi connectivity index (χ4n) is 0.999. The molecule has 0 aliphatic carbocycles. The predicted octanol–water partition coefficient (Wildman–Crippen LogP) is -2.58. The second-order valence-electron chi connectivity index (χ2n) is 2.59. The first-order valence-electron chi connectivity index (χ1n) is 3.41. The van der Waals surface area contributed by atoms with E-state index < -0.39 is 30.7 Å². The molecular weight excluding hydrogens is 164 g/mol. The third kappa shape index (κ3) is 1.43. The Morgan fingerprint density at radius 2 is 1.58 bits per heavy atom. The molecule has 1 fully saturated rings. The molecule has 12 heavy (non-hydrogen) atoms. The number of aliphatic hydroxyl groups excluding tert-OH is 4. The van der Waals surface area contributed by atoms with Crippen LogP contribution in [0.1, 0.15) is 0 Å². The summed E-state index contributed by atoms with van der Waals surface area (Å²) in [7, 11) is 0. The van der Waals surface area contributed by atoms with Crippen LogP contribution in [0.5, 0.6) is 0 Å². The molecule has 5 nitrogen and oxygen atoms in total. The second kappa shape index (κ2) is 3.39. The highest BCUT2D eigenvalue weighted by molar-refractivity contribution is 5.04. The van der Waals surface area contributed by atoms with E-state index in [1.165, 1.54) is 0 Å². The molecule has 0 aromatic carbocycles. The lowest BCUT2D eigenvalue weighted by molar-refractivity contribution is -0.269. The molecule has 0 saturated carbocycles. The van der Waals surface area contributed by atoms with Gasteiger partial charge < -0.3 is 25.2 Å². The number of aliphatic hydroxyl groups is 4. The van der Waals surface area contributed by atoms with Crippen molar-refractivity contribution in [3.05, 3.63) is 0 Å². The van der Waals surface area contributed by atoms with Crippen molar-refractivity contribution in [1.82, 2.24) is 0 Å². The molecule has 1 aliphatic heterocycles. The molecule has 0 unspecified atom stereocenters. The van der Waals surface area contributed by atoms with Gasteiger partial charge in [-0.1, -0.05) is 5.92 Å². The quantitative estimate of drug-likeness (QED) is 0.303. The van der Waals surface area contributed by atoms with E-state index in [1.54, 1.807) is 0 Å². The zero-order valence-electron chi connectivity index (χ0n) is 6.16. The first kappa shape index (κ1) is 9.45. The summed E-state index contributed by atoms with van der Waals surface area (Å²) >= 11 is 0. The fraction of sp³-hybridized carbons (Fsp3) is 0.714. The first-order valence-corrected chi connectivity index (χ1v) is 3.41. The van der Waals surface area contributed by atoms with Gasteiger partial charge in [0.05, 0.1) is 0 Å². The Kier molecular flexibility index (Phi) is 2.67. The van der Waals surface area contributed by atoms with Crippen LogP contribution in [0.4, 0.5) is 0 Å². The lowest BCUT2D eigenvalue weighted by atomic mass is 10.00. The van der Waals surface area contributed by atoms with Crippen molar-refractivity contribution in [2.75, 3.05) is 0 Å². The number of terminal acetylenes is 1. The fourth-order valence-corrected chi connectivity index (χ4v) is 0.999. The predicted molar refractivity (Wildman–Crippen MR) is 37.7 cm³/mol. The van der Waals surface area contributed by atoms with Gasteiger partial charge in [0.2, 0.25) is 0 Å². The molecule has 0 bridgehead atoms. The average molecular weight is 174 g/mol. The molecule has 0 aromatic rings. The monoisotopic (exact) mass is 174 g/mol. The van der Waals surface area contributed by atoms with Crippen LogP contribution in [0.3, 0.4) is 0 Å². The van der Waals surface area contributed by atoms with E-state index in [9.17, 15) is 0 Å². The van der Waals surface area contributed by atoms with Crippen molar-refractivity contribution in [3.63, 3.8) is 0 Å². The van der Waals surface area contributed by atoms with Crippen LogP contribution >= 0.6 is 0 Å². The minimum atomic E-state index is -1.55. The number of hydrogen-bond donors (Lipinski definition) is 4. The van der Waals surface area contributed by atoms with Gasteiger partial charge in [-0.25, -0.2) is 0 Å². The molecule has 5 heteroatoms. The zero-order valence-corrected chi connectivity index (χ0v) is 6.16. The molecular formula is C7H10O5. The van der Waals surface area contributed by atoms with Crippen LogP contribution in [0.15, 0.2) is 0 Å². The van der Waals surface area contributed by atoms with Crippen LogP contribution in [-0.4, -0.2) is 51.1 Å². The largest absolute Gasteiger partial charge is 0.387 e. The topological polar surface area (TPSA) is 90.2 Å². The van der Waals surface area contributed by atoms with Crippen LogP contribution in [-0.2, 0) is 4.74 Å². The van der Waals surface area contributed by atoms with E-state index in [1.807, 2.05) is 5.92 Å².